The van der Waals surface area contributed by atoms with Gasteiger partial charge in [0.1, 0.15) is 0 Å². The van der Waals surface area contributed by atoms with Crippen molar-refractivity contribution in [3.63, 3.8) is 0 Å². The van der Waals surface area contributed by atoms with E-state index in [1.807, 2.05) is 0 Å². The van der Waals surface area contributed by atoms with Crippen LogP contribution in [-0.4, -0.2) is 37.1 Å². The lowest BCUT2D eigenvalue weighted by atomic mass is 9.69. The molecule has 0 radical (unpaired) electrons. The summed E-state index contributed by atoms with van der Waals surface area (Å²) in [5.74, 6) is 1.62. The Morgan fingerprint density at radius 1 is 1.22 bits per heavy atom. The third-order valence-corrected chi connectivity index (χ3v) is 4.89. The minimum absolute atomic E-state index is 0.371. The molecule has 0 aromatic heterocycles. The number of nitrogens with zero attached hydrogens (tertiary/aromatic N) is 1. The van der Waals surface area contributed by atoms with Gasteiger partial charge in [0.25, 0.3) is 0 Å². The molecular weight excluding hydrogens is 220 g/mol. The molecule has 1 saturated carbocycles. The second-order valence-corrected chi connectivity index (χ2v) is 6.86. The summed E-state index contributed by atoms with van der Waals surface area (Å²) in [7, 11) is 4.55. The zero-order chi connectivity index (χ0) is 13.8. The van der Waals surface area contributed by atoms with Crippen molar-refractivity contribution in [1.82, 2.24) is 10.2 Å². The van der Waals surface area contributed by atoms with Crippen molar-refractivity contribution in [2.24, 2.45) is 11.8 Å². The van der Waals surface area contributed by atoms with E-state index in [1.54, 1.807) is 0 Å². The summed E-state index contributed by atoms with van der Waals surface area (Å²) >= 11 is 0. The molecule has 0 heterocycles. The molecule has 1 fully saturated rings. The zero-order valence-corrected chi connectivity index (χ0v) is 13.4. The van der Waals surface area contributed by atoms with Crippen LogP contribution in [0.2, 0.25) is 0 Å². The molecule has 0 spiro atoms. The molecule has 0 saturated heterocycles. The van der Waals surface area contributed by atoms with Crippen LogP contribution in [0.15, 0.2) is 0 Å². The van der Waals surface area contributed by atoms with Gasteiger partial charge in [-0.2, -0.15) is 0 Å². The number of nitrogens with one attached hydrogen (secondary N) is 1. The van der Waals surface area contributed by atoms with Gasteiger partial charge in [-0.15, -0.1) is 0 Å². The van der Waals surface area contributed by atoms with Gasteiger partial charge in [-0.3, -0.25) is 0 Å². The van der Waals surface area contributed by atoms with E-state index in [4.69, 9.17) is 0 Å². The van der Waals surface area contributed by atoms with Crippen molar-refractivity contribution in [3.8, 4) is 0 Å². The lowest BCUT2D eigenvalue weighted by Gasteiger charge is -2.51. The van der Waals surface area contributed by atoms with Gasteiger partial charge in [0.2, 0.25) is 0 Å². The minimum Gasteiger partial charge on any atom is -0.312 e. The van der Waals surface area contributed by atoms with Crippen LogP contribution in [0.3, 0.4) is 0 Å². The molecular formula is C16H34N2. The highest BCUT2D eigenvalue weighted by Crippen LogP contribution is 2.39. The van der Waals surface area contributed by atoms with Crippen molar-refractivity contribution >= 4 is 0 Å². The Kier molecular flexibility index (Phi) is 6.13. The van der Waals surface area contributed by atoms with E-state index in [-0.39, 0.29) is 0 Å². The molecule has 1 N–H and O–H groups in total. The van der Waals surface area contributed by atoms with Gasteiger partial charge in [-0.1, -0.05) is 27.7 Å². The number of likely N-dealkylation sites (N-methyl/N-ethyl adjacent to an activating group) is 1. The third kappa shape index (κ3) is 3.48. The van der Waals surface area contributed by atoms with Crippen LogP contribution in [-0.2, 0) is 0 Å². The molecule has 0 aromatic carbocycles. The Bertz CT molecular complexity index is 227. The predicted molar refractivity (Wildman–Crippen MR) is 81.0 cm³/mol. The molecule has 108 valence electrons. The van der Waals surface area contributed by atoms with Crippen LogP contribution in [0.25, 0.3) is 0 Å². The van der Waals surface area contributed by atoms with Gasteiger partial charge in [-0.25, -0.2) is 0 Å². The van der Waals surface area contributed by atoms with Gasteiger partial charge in [0.05, 0.1) is 0 Å². The molecule has 0 aliphatic heterocycles. The molecule has 1 aliphatic rings. The summed E-state index contributed by atoms with van der Waals surface area (Å²) in [4.78, 5) is 2.51. The normalized spacial score (nSPS) is 31.0. The molecule has 1 aliphatic carbocycles. The second-order valence-electron chi connectivity index (χ2n) is 6.86. The summed E-state index contributed by atoms with van der Waals surface area (Å²) in [6.07, 6.45) is 6.69. The van der Waals surface area contributed by atoms with Crippen molar-refractivity contribution < 1.29 is 0 Å². The molecule has 0 amide bonds. The summed E-state index contributed by atoms with van der Waals surface area (Å²) in [6.45, 7) is 10.6. The van der Waals surface area contributed by atoms with E-state index in [0.29, 0.717) is 17.5 Å². The highest BCUT2D eigenvalue weighted by Gasteiger charge is 2.43. The summed E-state index contributed by atoms with van der Waals surface area (Å²) in [6, 6.07) is 0.625. The average molecular weight is 254 g/mol. The quantitative estimate of drug-likeness (QED) is 0.780. The molecule has 18 heavy (non-hydrogen) atoms. The molecule has 1 atom stereocenters. The van der Waals surface area contributed by atoms with E-state index < -0.39 is 0 Å². The van der Waals surface area contributed by atoms with E-state index in [9.17, 15) is 0 Å². The van der Waals surface area contributed by atoms with Crippen LogP contribution in [0.5, 0.6) is 0 Å². The highest BCUT2D eigenvalue weighted by atomic mass is 15.2. The standard InChI is InChI=1S/C16H34N2/c1-7-12-17-15(13(2)3)16(18(5)6)10-8-14(4)9-11-16/h13-15,17H,7-12H2,1-6H3. The molecule has 1 rings (SSSR count). The number of hydrogen-bond donors (Lipinski definition) is 1. The van der Waals surface area contributed by atoms with Crippen LogP contribution >= 0.6 is 0 Å². The lowest BCUT2D eigenvalue weighted by Crippen LogP contribution is -2.62. The zero-order valence-electron chi connectivity index (χ0n) is 13.4. The molecule has 2 heteroatoms. The Hall–Kier alpha value is -0.0800. The Balaban J connectivity index is 2.85. The largest absolute Gasteiger partial charge is 0.312 e. The van der Waals surface area contributed by atoms with Gasteiger partial charge >= 0.3 is 0 Å². The van der Waals surface area contributed by atoms with Crippen LogP contribution in [0.1, 0.15) is 59.8 Å². The molecule has 2 nitrogen and oxygen atoms in total. The van der Waals surface area contributed by atoms with E-state index in [2.05, 4.69) is 52.0 Å². The highest BCUT2D eigenvalue weighted by molar-refractivity contribution is 5.02. The first-order chi connectivity index (χ1) is 8.44. The fraction of sp³-hybridized carbons (Fsp3) is 1.00. The Morgan fingerprint density at radius 2 is 1.78 bits per heavy atom. The van der Waals surface area contributed by atoms with E-state index in [1.165, 1.54) is 32.1 Å². The van der Waals surface area contributed by atoms with E-state index in [0.717, 1.165) is 12.5 Å². The first kappa shape index (κ1) is 16.0. The topological polar surface area (TPSA) is 15.3 Å². The van der Waals surface area contributed by atoms with Gasteiger partial charge in [-0.05, 0) is 64.6 Å². The Labute approximate surface area is 115 Å². The Morgan fingerprint density at radius 3 is 2.17 bits per heavy atom. The fourth-order valence-electron chi connectivity index (χ4n) is 3.64. The molecule has 0 aromatic rings. The smallest absolute Gasteiger partial charge is 0.0359 e. The van der Waals surface area contributed by atoms with Crippen molar-refractivity contribution in [3.05, 3.63) is 0 Å². The van der Waals surface area contributed by atoms with E-state index >= 15 is 0 Å². The van der Waals surface area contributed by atoms with Crippen LogP contribution < -0.4 is 5.32 Å². The average Bonchev–Trinajstić information content (AvgIpc) is 2.31. The van der Waals surface area contributed by atoms with Gasteiger partial charge in [0, 0.05) is 11.6 Å². The fourth-order valence-corrected chi connectivity index (χ4v) is 3.64. The van der Waals surface area contributed by atoms with Crippen molar-refractivity contribution in [1.29, 1.82) is 0 Å². The predicted octanol–water partition coefficient (Wildman–Crippen LogP) is 3.52. The summed E-state index contributed by atoms with van der Waals surface area (Å²) in [5.41, 5.74) is 0.371. The maximum absolute atomic E-state index is 3.83. The van der Waals surface area contributed by atoms with Gasteiger partial charge < -0.3 is 10.2 Å². The number of rotatable bonds is 6. The third-order valence-electron chi connectivity index (χ3n) is 4.89. The molecule has 1 unspecified atom stereocenters. The van der Waals surface area contributed by atoms with Crippen LogP contribution in [0.4, 0.5) is 0 Å². The van der Waals surface area contributed by atoms with Gasteiger partial charge in [0.15, 0.2) is 0 Å². The molecule has 0 bridgehead atoms. The lowest BCUT2D eigenvalue weighted by molar-refractivity contribution is 0.0269. The number of hydrogen-bond acceptors (Lipinski definition) is 2. The maximum Gasteiger partial charge on any atom is 0.0359 e. The summed E-state index contributed by atoms with van der Waals surface area (Å²) in [5, 5.41) is 3.83. The SMILES string of the molecule is CCCNC(C(C)C)C1(N(C)C)CCC(C)CC1. The van der Waals surface area contributed by atoms with Crippen LogP contribution in [0, 0.1) is 11.8 Å². The second kappa shape index (κ2) is 6.91. The first-order valence-electron chi connectivity index (χ1n) is 7.85. The minimum atomic E-state index is 0.371. The first-order valence-corrected chi connectivity index (χ1v) is 7.85. The maximum atomic E-state index is 3.83. The van der Waals surface area contributed by atoms with Crippen molar-refractivity contribution in [2.75, 3.05) is 20.6 Å². The monoisotopic (exact) mass is 254 g/mol. The summed E-state index contributed by atoms with van der Waals surface area (Å²) < 4.78 is 0. The van der Waals surface area contributed by atoms with Crippen molar-refractivity contribution in [2.45, 2.75) is 71.4 Å².